The van der Waals surface area contributed by atoms with E-state index in [2.05, 4.69) is 5.32 Å². The average Bonchev–Trinajstić information content (AvgIpc) is 2.93. The number of carbonyl (C=O) groups excluding carboxylic acids is 4. The molecule has 1 saturated heterocycles. The number of imide groups is 2. The molecule has 2 aliphatic rings. The summed E-state index contributed by atoms with van der Waals surface area (Å²) in [5.41, 5.74) is 6.14. The number of piperidine rings is 1. The molecule has 3 rings (SSSR count). The van der Waals surface area contributed by atoms with E-state index in [1.165, 1.54) is 11.3 Å². The maximum Gasteiger partial charge on any atom is 0.263 e. The van der Waals surface area contributed by atoms with Crippen LogP contribution in [0.4, 0.5) is 0 Å². The van der Waals surface area contributed by atoms with Crippen LogP contribution in [-0.4, -0.2) is 34.6 Å². The third-order valence-corrected chi connectivity index (χ3v) is 4.47. The lowest BCUT2D eigenvalue weighted by Gasteiger charge is -2.28. The predicted molar refractivity (Wildman–Crippen MR) is 68.9 cm³/mol. The SMILES string of the molecule is NCc1scc2c1C(=O)N(C1CCC(=O)NC1=O)C2=O. The average molecular weight is 293 g/mol. The molecule has 0 saturated carbocycles. The van der Waals surface area contributed by atoms with E-state index in [9.17, 15) is 19.2 Å². The van der Waals surface area contributed by atoms with Gasteiger partial charge in [0.05, 0.1) is 11.1 Å². The summed E-state index contributed by atoms with van der Waals surface area (Å²) in [6.45, 7) is 0.169. The van der Waals surface area contributed by atoms with Gasteiger partial charge in [-0.2, -0.15) is 0 Å². The van der Waals surface area contributed by atoms with Crippen LogP contribution in [0, 0.1) is 0 Å². The molecule has 8 heteroatoms. The number of hydrogen-bond donors (Lipinski definition) is 2. The summed E-state index contributed by atoms with van der Waals surface area (Å²) in [4.78, 5) is 49.2. The van der Waals surface area contributed by atoms with Gasteiger partial charge in [-0.25, -0.2) is 0 Å². The lowest BCUT2D eigenvalue weighted by atomic mass is 10.0. The highest BCUT2D eigenvalue weighted by Crippen LogP contribution is 2.33. The minimum atomic E-state index is -0.921. The fourth-order valence-corrected chi connectivity index (χ4v) is 3.38. The smallest absolute Gasteiger partial charge is 0.263 e. The van der Waals surface area contributed by atoms with Gasteiger partial charge in [-0.1, -0.05) is 0 Å². The number of nitrogens with one attached hydrogen (secondary N) is 1. The molecule has 2 aliphatic heterocycles. The predicted octanol–water partition coefficient (Wildman–Crippen LogP) is -0.392. The normalized spacial score (nSPS) is 22.2. The van der Waals surface area contributed by atoms with Crippen molar-refractivity contribution in [3.63, 3.8) is 0 Å². The second-order valence-corrected chi connectivity index (χ2v) is 5.56. The number of rotatable bonds is 2. The first-order chi connectivity index (χ1) is 9.54. The summed E-state index contributed by atoms with van der Waals surface area (Å²) < 4.78 is 0. The first kappa shape index (κ1) is 12.9. The Kier molecular flexibility index (Phi) is 2.91. The fourth-order valence-electron chi connectivity index (χ4n) is 2.49. The van der Waals surface area contributed by atoms with Gasteiger partial charge in [-0.05, 0) is 6.42 Å². The zero-order chi connectivity index (χ0) is 14.4. The fraction of sp³-hybridized carbons (Fsp3) is 0.333. The quantitative estimate of drug-likeness (QED) is 0.722. The number of thiophene rings is 1. The Morgan fingerprint density at radius 1 is 1.30 bits per heavy atom. The summed E-state index contributed by atoms with van der Waals surface area (Å²) in [7, 11) is 0. The molecule has 0 aromatic carbocycles. The molecule has 1 aromatic heterocycles. The van der Waals surface area contributed by atoms with E-state index in [-0.39, 0.29) is 25.3 Å². The summed E-state index contributed by atoms with van der Waals surface area (Å²) >= 11 is 1.26. The van der Waals surface area contributed by atoms with Crippen LogP contribution in [0.3, 0.4) is 0 Å². The maximum atomic E-state index is 12.4. The van der Waals surface area contributed by atoms with Crippen LogP contribution >= 0.6 is 11.3 Å². The van der Waals surface area contributed by atoms with Crippen molar-refractivity contribution in [2.24, 2.45) is 5.73 Å². The monoisotopic (exact) mass is 293 g/mol. The summed E-state index contributed by atoms with van der Waals surface area (Å²) in [6.07, 6.45) is 0.276. The zero-order valence-corrected chi connectivity index (χ0v) is 11.2. The standard InChI is InChI=1S/C12H11N3O4S/c13-3-7-9-5(4-20-7)11(18)15(12(9)19)6-1-2-8(16)14-10(6)17/h4,6H,1-3,13H2,(H,14,16,17). The van der Waals surface area contributed by atoms with Crippen molar-refractivity contribution in [2.75, 3.05) is 0 Å². The number of carbonyl (C=O) groups is 4. The van der Waals surface area contributed by atoms with E-state index in [1.807, 2.05) is 0 Å². The molecule has 1 atom stereocenters. The Balaban J connectivity index is 1.96. The van der Waals surface area contributed by atoms with Crippen molar-refractivity contribution in [3.8, 4) is 0 Å². The van der Waals surface area contributed by atoms with Gasteiger partial charge in [0.25, 0.3) is 11.8 Å². The van der Waals surface area contributed by atoms with Crippen molar-refractivity contribution < 1.29 is 19.2 Å². The van der Waals surface area contributed by atoms with Gasteiger partial charge in [0.15, 0.2) is 0 Å². The van der Waals surface area contributed by atoms with Crippen LogP contribution in [0.2, 0.25) is 0 Å². The van der Waals surface area contributed by atoms with E-state index in [0.717, 1.165) is 4.90 Å². The van der Waals surface area contributed by atoms with Crippen LogP contribution < -0.4 is 11.1 Å². The second-order valence-electron chi connectivity index (χ2n) is 4.60. The molecule has 1 unspecified atom stereocenters. The van der Waals surface area contributed by atoms with Gasteiger partial charge >= 0.3 is 0 Å². The lowest BCUT2D eigenvalue weighted by Crippen LogP contribution is -2.54. The molecule has 0 bridgehead atoms. The first-order valence-corrected chi connectivity index (χ1v) is 6.94. The molecule has 20 heavy (non-hydrogen) atoms. The molecule has 7 nitrogen and oxygen atoms in total. The largest absolute Gasteiger partial charge is 0.326 e. The Hall–Kier alpha value is -2.06. The molecular weight excluding hydrogens is 282 g/mol. The molecular formula is C12H11N3O4S. The van der Waals surface area contributed by atoms with Crippen molar-refractivity contribution in [1.29, 1.82) is 0 Å². The topological polar surface area (TPSA) is 110 Å². The van der Waals surface area contributed by atoms with Crippen LogP contribution in [-0.2, 0) is 16.1 Å². The van der Waals surface area contributed by atoms with Gasteiger partial charge in [-0.15, -0.1) is 11.3 Å². The summed E-state index contributed by atoms with van der Waals surface area (Å²) in [6, 6.07) is -0.921. The molecule has 3 heterocycles. The zero-order valence-electron chi connectivity index (χ0n) is 10.3. The molecule has 0 aliphatic carbocycles. The van der Waals surface area contributed by atoms with Crippen molar-refractivity contribution >= 4 is 35.0 Å². The highest BCUT2D eigenvalue weighted by atomic mass is 32.1. The highest BCUT2D eigenvalue weighted by Gasteiger charge is 2.46. The van der Waals surface area contributed by atoms with Crippen LogP contribution in [0.5, 0.6) is 0 Å². The highest BCUT2D eigenvalue weighted by molar-refractivity contribution is 7.10. The van der Waals surface area contributed by atoms with Gasteiger partial charge in [-0.3, -0.25) is 29.4 Å². The number of nitrogens with two attached hydrogens (primary N) is 1. The molecule has 0 spiro atoms. The molecule has 0 radical (unpaired) electrons. The Labute approximate surface area is 117 Å². The number of hydrogen-bond acceptors (Lipinski definition) is 6. The Morgan fingerprint density at radius 2 is 2.05 bits per heavy atom. The van der Waals surface area contributed by atoms with E-state index >= 15 is 0 Å². The van der Waals surface area contributed by atoms with Crippen LogP contribution in [0.15, 0.2) is 5.38 Å². The third-order valence-electron chi connectivity index (χ3n) is 3.46. The van der Waals surface area contributed by atoms with Crippen molar-refractivity contribution in [1.82, 2.24) is 10.2 Å². The van der Waals surface area contributed by atoms with Gasteiger partial charge in [0, 0.05) is 23.2 Å². The van der Waals surface area contributed by atoms with E-state index in [4.69, 9.17) is 5.73 Å². The van der Waals surface area contributed by atoms with Gasteiger partial charge in [0.1, 0.15) is 6.04 Å². The summed E-state index contributed by atoms with van der Waals surface area (Å²) in [5.74, 6) is -1.98. The maximum absolute atomic E-state index is 12.4. The molecule has 1 aromatic rings. The minimum absolute atomic E-state index is 0.115. The van der Waals surface area contributed by atoms with E-state index < -0.39 is 23.8 Å². The number of amides is 4. The van der Waals surface area contributed by atoms with Crippen molar-refractivity contribution in [3.05, 3.63) is 21.4 Å². The first-order valence-electron chi connectivity index (χ1n) is 6.06. The number of nitrogens with zero attached hydrogens (tertiary/aromatic N) is 1. The second kappa shape index (κ2) is 4.50. The minimum Gasteiger partial charge on any atom is -0.326 e. The molecule has 4 amide bonds. The Bertz CT molecular complexity index is 651. The summed E-state index contributed by atoms with van der Waals surface area (Å²) in [5, 5.41) is 3.74. The Morgan fingerprint density at radius 3 is 2.70 bits per heavy atom. The van der Waals surface area contributed by atoms with Gasteiger partial charge in [0.2, 0.25) is 11.8 Å². The van der Waals surface area contributed by atoms with E-state index in [0.29, 0.717) is 16.0 Å². The van der Waals surface area contributed by atoms with Crippen LogP contribution in [0.25, 0.3) is 0 Å². The molecule has 104 valence electrons. The lowest BCUT2D eigenvalue weighted by molar-refractivity contribution is -0.136. The molecule has 1 fully saturated rings. The number of fused-ring (bicyclic) bond motifs is 1. The van der Waals surface area contributed by atoms with Crippen LogP contribution in [0.1, 0.15) is 38.4 Å². The third kappa shape index (κ3) is 1.69. The van der Waals surface area contributed by atoms with Crippen molar-refractivity contribution in [2.45, 2.75) is 25.4 Å². The van der Waals surface area contributed by atoms with Gasteiger partial charge < -0.3 is 5.73 Å². The molecule has 3 N–H and O–H groups in total. The van der Waals surface area contributed by atoms with E-state index in [1.54, 1.807) is 5.38 Å².